The molecule has 1 aromatic rings. The summed E-state index contributed by atoms with van der Waals surface area (Å²) in [7, 11) is -4.31. The van der Waals surface area contributed by atoms with Crippen molar-refractivity contribution in [2.75, 3.05) is 6.54 Å². The normalized spacial score (nSPS) is 18.0. The Hall–Kier alpha value is -1.35. The third-order valence-corrected chi connectivity index (χ3v) is 5.38. The second-order valence-corrected chi connectivity index (χ2v) is 7.02. The lowest BCUT2D eigenvalue weighted by Gasteiger charge is -2.29. The van der Waals surface area contributed by atoms with Gasteiger partial charge in [0.2, 0.25) is 15.6 Å². The Morgan fingerprint density at radius 1 is 1.38 bits per heavy atom. The van der Waals surface area contributed by atoms with Crippen LogP contribution in [0.5, 0.6) is 0 Å². The molecule has 21 heavy (non-hydrogen) atoms. The second-order valence-electron chi connectivity index (χ2n) is 5.13. The van der Waals surface area contributed by atoms with Crippen molar-refractivity contribution in [2.45, 2.75) is 36.9 Å². The number of nitrogens with one attached hydrogen (secondary N) is 1. The van der Waals surface area contributed by atoms with E-state index in [-0.39, 0.29) is 10.8 Å². The molecule has 118 valence electrons. The zero-order chi connectivity index (χ0) is 15.8. The molecule has 0 aromatic carbocycles. The number of rotatable bonds is 5. The average molecular weight is 324 g/mol. The molecule has 1 N–H and O–H groups in total. The van der Waals surface area contributed by atoms with Crippen molar-refractivity contribution in [2.24, 2.45) is 5.92 Å². The van der Waals surface area contributed by atoms with Crippen LogP contribution < -0.4 is 5.56 Å². The first-order valence-electron chi connectivity index (χ1n) is 6.38. The molecule has 0 amide bonds. The molecule has 9 heteroatoms. The van der Waals surface area contributed by atoms with Crippen LogP contribution in [0.3, 0.4) is 0 Å². The van der Waals surface area contributed by atoms with E-state index in [1.165, 1.54) is 6.92 Å². The van der Waals surface area contributed by atoms with Crippen LogP contribution >= 0.6 is 0 Å². The highest BCUT2D eigenvalue weighted by Gasteiger charge is 2.44. The van der Waals surface area contributed by atoms with Crippen molar-refractivity contribution in [1.29, 1.82) is 0 Å². The largest absolute Gasteiger partial charge is 0.402 e. The zero-order valence-electron chi connectivity index (χ0n) is 11.2. The van der Waals surface area contributed by atoms with Crippen LogP contribution in [0, 0.1) is 5.92 Å². The smallest absolute Gasteiger partial charge is 0.328 e. The fraction of sp³-hybridized carbons (Fsp3) is 0.583. The van der Waals surface area contributed by atoms with E-state index >= 15 is 0 Å². The molecular weight excluding hydrogens is 309 g/mol. The minimum atomic E-state index is -4.63. The Bertz CT molecular complexity index is 645. The lowest BCUT2D eigenvalue weighted by atomic mass is 10.2. The van der Waals surface area contributed by atoms with Crippen LogP contribution in [0.15, 0.2) is 28.0 Å². The molecule has 1 aliphatic carbocycles. The monoisotopic (exact) mass is 324 g/mol. The summed E-state index contributed by atoms with van der Waals surface area (Å²) >= 11 is 0. The van der Waals surface area contributed by atoms with Gasteiger partial charge in [-0.05, 0) is 31.7 Å². The maximum atomic E-state index is 12.7. The minimum absolute atomic E-state index is 0.0510. The fourth-order valence-corrected chi connectivity index (χ4v) is 3.78. The average Bonchev–Trinajstić information content (AvgIpc) is 3.18. The number of hydrogen-bond acceptors (Lipinski definition) is 3. The van der Waals surface area contributed by atoms with Gasteiger partial charge in [0.05, 0.1) is 4.90 Å². The summed E-state index contributed by atoms with van der Waals surface area (Å²) in [6.07, 6.45) is -2.27. The lowest BCUT2D eigenvalue weighted by molar-refractivity contribution is -0.139. The molecule has 0 spiro atoms. The Balaban J connectivity index is 2.38. The van der Waals surface area contributed by atoms with Gasteiger partial charge < -0.3 is 4.98 Å². The number of alkyl halides is 3. The molecule has 1 atom stereocenters. The van der Waals surface area contributed by atoms with E-state index in [1.54, 1.807) is 0 Å². The highest BCUT2D eigenvalue weighted by Crippen LogP contribution is 2.38. The van der Waals surface area contributed by atoms with Crippen molar-refractivity contribution < 1.29 is 21.6 Å². The molecule has 1 unspecified atom stereocenters. The molecule has 0 aliphatic heterocycles. The van der Waals surface area contributed by atoms with E-state index in [0.717, 1.165) is 31.2 Å². The molecule has 1 heterocycles. The minimum Gasteiger partial charge on any atom is -0.328 e. The number of aromatic amines is 1. The van der Waals surface area contributed by atoms with Crippen molar-refractivity contribution in [3.63, 3.8) is 0 Å². The van der Waals surface area contributed by atoms with Gasteiger partial charge in [-0.15, -0.1) is 0 Å². The molecule has 0 saturated heterocycles. The van der Waals surface area contributed by atoms with E-state index in [1.807, 2.05) is 0 Å². The highest BCUT2D eigenvalue weighted by atomic mass is 32.2. The van der Waals surface area contributed by atoms with E-state index in [9.17, 15) is 26.4 Å². The third kappa shape index (κ3) is 3.85. The number of sulfonamides is 1. The van der Waals surface area contributed by atoms with Crippen molar-refractivity contribution in [3.05, 3.63) is 28.7 Å². The molecular formula is C12H15F3N2O3S. The van der Waals surface area contributed by atoms with Crippen molar-refractivity contribution >= 4 is 10.0 Å². The van der Waals surface area contributed by atoms with Gasteiger partial charge in [-0.1, -0.05) is 0 Å². The molecule has 5 nitrogen and oxygen atoms in total. The second kappa shape index (κ2) is 5.45. The van der Waals surface area contributed by atoms with E-state index in [4.69, 9.17) is 0 Å². The Morgan fingerprint density at radius 3 is 2.43 bits per heavy atom. The molecule has 1 fully saturated rings. The fourth-order valence-electron chi connectivity index (χ4n) is 2.13. The number of pyridine rings is 1. The maximum Gasteiger partial charge on any atom is 0.402 e. The van der Waals surface area contributed by atoms with Gasteiger partial charge in [0, 0.05) is 18.3 Å². The highest BCUT2D eigenvalue weighted by molar-refractivity contribution is 7.89. The van der Waals surface area contributed by atoms with Crippen molar-refractivity contribution in [1.82, 2.24) is 9.29 Å². The quantitative estimate of drug-likeness (QED) is 0.897. The summed E-state index contributed by atoms with van der Waals surface area (Å²) in [5.74, 6) is -0.0510. The predicted molar refractivity (Wildman–Crippen MR) is 69.2 cm³/mol. The van der Waals surface area contributed by atoms with Crippen molar-refractivity contribution in [3.8, 4) is 0 Å². The molecule has 1 aromatic heterocycles. The SMILES string of the molecule is CC(C1CC1)N(CC(F)(F)F)S(=O)(=O)c1ccc(=O)[nH]c1. The van der Waals surface area contributed by atoms with Gasteiger partial charge in [0.1, 0.15) is 6.54 Å². The van der Waals surface area contributed by atoms with Crippen LogP contribution in [-0.2, 0) is 10.0 Å². The number of hydrogen-bond donors (Lipinski definition) is 1. The van der Waals surface area contributed by atoms with Gasteiger partial charge in [0.15, 0.2) is 0 Å². The predicted octanol–water partition coefficient (Wildman–Crippen LogP) is 1.73. The topological polar surface area (TPSA) is 70.2 Å². The van der Waals surface area contributed by atoms with E-state index in [2.05, 4.69) is 4.98 Å². The van der Waals surface area contributed by atoms with Gasteiger partial charge >= 0.3 is 6.18 Å². The summed E-state index contributed by atoms with van der Waals surface area (Å²) in [6.45, 7) is -0.0568. The number of H-pyrrole nitrogens is 1. The summed E-state index contributed by atoms with van der Waals surface area (Å²) in [6, 6.07) is 1.25. The Morgan fingerprint density at radius 2 is 2.00 bits per heavy atom. The number of halogens is 3. The Labute approximate surface area is 119 Å². The first kappa shape index (κ1) is 16.0. The molecule has 1 saturated carbocycles. The van der Waals surface area contributed by atoms with Crippen LogP contribution in [0.1, 0.15) is 19.8 Å². The van der Waals surface area contributed by atoms with Gasteiger partial charge in [-0.3, -0.25) is 4.79 Å². The van der Waals surface area contributed by atoms with E-state index in [0.29, 0.717) is 4.31 Å². The summed E-state index contributed by atoms with van der Waals surface area (Å²) < 4.78 is 63.4. The van der Waals surface area contributed by atoms with Gasteiger partial charge in [-0.2, -0.15) is 17.5 Å². The summed E-state index contributed by atoms with van der Waals surface area (Å²) in [5.41, 5.74) is -0.522. The van der Waals surface area contributed by atoms with Crippen LogP contribution in [0.25, 0.3) is 0 Å². The number of nitrogens with zero attached hydrogens (tertiary/aromatic N) is 1. The van der Waals surface area contributed by atoms with E-state index < -0.39 is 34.3 Å². The Kier molecular flexibility index (Phi) is 4.16. The van der Waals surface area contributed by atoms with Crippen LogP contribution in [-0.4, -0.2) is 36.5 Å². The molecule has 0 radical (unpaired) electrons. The van der Waals surface area contributed by atoms with Gasteiger partial charge in [0.25, 0.3) is 0 Å². The first-order chi connectivity index (χ1) is 9.61. The standard InChI is InChI=1S/C12H15F3N2O3S/c1-8(9-2-3-9)17(7-12(13,14)15)21(19,20)10-4-5-11(18)16-6-10/h4-6,8-9H,2-3,7H2,1H3,(H,16,18). The first-order valence-corrected chi connectivity index (χ1v) is 7.82. The molecule has 1 aliphatic rings. The lowest BCUT2D eigenvalue weighted by Crippen LogP contribution is -2.45. The number of aromatic nitrogens is 1. The van der Waals surface area contributed by atoms with Crippen LogP contribution in [0.4, 0.5) is 13.2 Å². The van der Waals surface area contributed by atoms with Crippen LogP contribution in [0.2, 0.25) is 0 Å². The summed E-state index contributed by atoms with van der Waals surface area (Å²) in [4.78, 5) is 12.8. The molecule has 0 bridgehead atoms. The maximum absolute atomic E-state index is 12.7. The van der Waals surface area contributed by atoms with Gasteiger partial charge in [-0.25, -0.2) is 8.42 Å². The summed E-state index contributed by atoms with van der Waals surface area (Å²) in [5, 5.41) is 0. The third-order valence-electron chi connectivity index (χ3n) is 3.46. The zero-order valence-corrected chi connectivity index (χ0v) is 12.0. The molecule has 2 rings (SSSR count).